The van der Waals surface area contributed by atoms with Crippen LogP contribution in [0, 0.1) is 12.8 Å². The van der Waals surface area contributed by atoms with E-state index >= 15 is 0 Å². The molecule has 0 spiro atoms. The van der Waals surface area contributed by atoms with Crippen LogP contribution in [0.2, 0.25) is 0 Å². The number of hydrogen-bond acceptors (Lipinski definition) is 5. The summed E-state index contributed by atoms with van der Waals surface area (Å²) in [6.07, 6.45) is 1.23. The summed E-state index contributed by atoms with van der Waals surface area (Å²) in [5.41, 5.74) is 14.2. The fourth-order valence-corrected chi connectivity index (χ4v) is 3.26. The van der Waals surface area contributed by atoms with Gasteiger partial charge in [-0.15, -0.1) is 0 Å². The lowest BCUT2D eigenvalue weighted by Crippen LogP contribution is -2.50. The van der Waals surface area contributed by atoms with Crippen molar-refractivity contribution in [3.63, 3.8) is 0 Å². The van der Waals surface area contributed by atoms with E-state index in [1.165, 1.54) is 0 Å². The zero-order chi connectivity index (χ0) is 20.2. The molecule has 1 heterocycles. The molecule has 0 aliphatic heterocycles. The van der Waals surface area contributed by atoms with E-state index in [4.69, 9.17) is 21.3 Å². The number of nitrogens with one attached hydrogen (secondary N) is 1. The van der Waals surface area contributed by atoms with Gasteiger partial charge in [-0.1, -0.05) is 19.9 Å². The Hall–Kier alpha value is -2.96. The topological polar surface area (TPSA) is 123 Å². The number of rotatable bonds is 7. The maximum atomic E-state index is 11.1. The highest BCUT2D eigenvalue weighted by molar-refractivity contribution is 5.82. The van der Waals surface area contributed by atoms with Gasteiger partial charge in [-0.05, 0) is 55.5 Å². The number of aromatic nitrogens is 1. The molecule has 0 fully saturated rings. The van der Waals surface area contributed by atoms with E-state index in [0.29, 0.717) is 29.6 Å². The van der Waals surface area contributed by atoms with Crippen molar-refractivity contribution < 1.29 is 14.6 Å². The Labute approximate surface area is 159 Å². The van der Waals surface area contributed by atoms with Crippen molar-refractivity contribution in [1.29, 1.82) is 0 Å². The van der Waals surface area contributed by atoms with Crippen LogP contribution in [0.1, 0.15) is 32.8 Å². The smallest absolute Gasteiger partial charge is 0.405 e. The molecule has 1 atom stereocenters. The molecule has 27 heavy (non-hydrogen) atoms. The van der Waals surface area contributed by atoms with Gasteiger partial charge in [0.05, 0.1) is 11.2 Å². The molecule has 1 aromatic heterocycles. The number of pyridine rings is 1. The summed E-state index contributed by atoms with van der Waals surface area (Å²) in [5.74, 6) is 1.32. The molecule has 6 N–H and O–H groups in total. The minimum absolute atomic E-state index is 0.238. The minimum atomic E-state index is -1.06. The van der Waals surface area contributed by atoms with Crippen LogP contribution in [0.3, 0.4) is 0 Å². The molecule has 2 rings (SSSR count). The SMILES string of the molecule is Cc1cc(-c2ccnc(N)c2N)ccc1OCC(C)(CC(C)C)NC(=O)O. The molecular weight excluding hydrogens is 344 g/mol. The Bertz CT molecular complexity index is 823. The summed E-state index contributed by atoms with van der Waals surface area (Å²) in [7, 11) is 0. The molecule has 2 aromatic rings. The van der Waals surface area contributed by atoms with Crippen molar-refractivity contribution in [2.75, 3.05) is 18.1 Å². The molecule has 0 saturated carbocycles. The average molecular weight is 372 g/mol. The quantitative estimate of drug-likeness (QED) is 0.588. The number of carbonyl (C=O) groups is 1. The number of anilines is 2. The Morgan fingerprint density at radius 3 is 2.63 bits per heavy atom. The van der Waals surface area contributed by atoms with Gasteiger partial charge >= 0.3 is 6.09 Å². The lowest BCUT2D eigenvalue weighted by molar-refractivity contribution is 0.143. The first kappa shape index (κ1) is 20.4. The van der Waals surface area contributed by atoms with Crippen molar-refractivity contribution in [1.82, 2.24) is 10.3 Å². The fourth-order valence-electron chi connectivity index (χ4n) is 3.26. The van der Waals surface area contributed by atoms with Crippen LogP contribution < -0.4 is 21.5 Å². The van der Waals surface area contributed by atoms with E-state index in [2.05, 4.69) is 10.3 Å². The second kappa shape index (κ2) is 8.16. The van der Waals surface area contributed by atoms with Crippen LogP contribution in [0.4, 0.5) is 16.3 Å². The molecule has 0 radical (unpaired) electrons. The van der Waals surface area contributed by atoms with E-state index in [1.54, 1.807) is 6.20 Å². The molecule has 146 valence electrons. The second-order valence-corrected chi connectivity index (χ2v) is 7.52. The maximum absolute atomic E-state index is 11.1. The second-order valence-electron chi connectivity index (χ2n) is 7.52. The first-order valence-corrected chi connectivity index (χ1v) is 8.86. The summed E-state index contributed by atoms with van der Waals surface area (Å²) < 4.78 is 5.95. The van der Waals surface area contributed by atoms with Crippen LogP contribution in [0.15, 0.2) is 30.5 Å². The first-order chi connectivity index (χ1) is 12.6. The molecule has 0 bridgehead atoms. The van der Waals surface area contributed by atoms with Crippen molar-refractivity contribution in [2.24, 2.45) is 5.92 Å². The number of amides is 1. The molecular formula is C20H28N4O3. The third kappa shape index (κ3) is 5.26. The number of aryl methyl sites for hydroxylation is 1. The largest absolute Gasteiger partial charge is 0.491 e. The zero-order valence-electron chi connectivity index (χ0n) is 16.2. The predicted molar refractivity (Wildman–Crippen MR) is 108 cm³/mol. The Kier molecular flexibility index (Phi) is 6.15. The lowest BCUT2D eigenvalue weighted by atomic mass is 9.91. The summed E-state index contributed by atoms with van der Waals surface area (Å²) >= 11 is 0. The highest BCUT2D eigenvalue weighted by Gasteiger charge is 2.28. The van der Waals surface area contributed by atoms with Crippen molar-refractivity contribution in [2.45, 2.75) is 39.7 Å². The van der Waals surface area contributed by atoms with Crippen molar-refractivity contribution in [3.05, 3.63) is 36.0 Å². The van der Waals surface area contributed by atoms with Crippen LogP contribution in [-0.4, -0.2) is 28.3 Å². The summed E-state index contributed by atoms with van der Waals surface area (Å²) in [4.78, 5) is 15.1. The van der Waals surface area contributed by atoms with Gasteiger partial charge in [-0.2, -0.15) is 0 Å². The van der Waals surface area contributed by atoms with Gasteiger partial charge in [0.1, 0.15) is 18.2 Å². The lowest BCUT2D eigenvalue weighted by Gasteiger charge is -2.31. The Morgan fingerprint density at radius 2 is 2.04 bits per heavy atom. The summed E-state index contributed by atoms with van der Waals surface area (Å²) in [6.45, 7) is 8.12. The molecule has 1 amide bonds. The van der Waals surface area contributed by atoms with Crippen LogP contribution in [0.25, 0.3) is 11.1 Å². The number of nitrogens with zero attached hydrogens (tertiary/aromatic N) is 1. The number of nitrogen functional groups attached to an aromatic ring is 2. The highest BCUT2D eigenvalue weighted by Crippen LogP contribution is 2.32. The van der Waals surface area contributed by atoms with Crippen molar-refractivity contribution in [3.8, 4) is 16.9 Å². The summed E-state index contributed by atoms with van der Waals surface area (Å²) in [5, 5.41) is 11.7. The van der Waals surface area contributed by atoms with Crippen LogP contribution >= 0.6 is 0 Å². The fraction of sp³-hybridized carbons (Fsp3) is 0.400. The number of ether oxygens (including phenoxy) is 1. The van der Waals surface area contributed by atoms with Gasteiger partial charge in [0.2, 0.25) is 0 Å². The first-order valence-electron chi connectivity index (χ1n) is 8.86. The molecule has 1 unspecified atom stereocenters. The Morgan fingerprint density at radius 1 is 1.33 bits per heavy atom. The predicted octanol–water partition coefficient (Wildman–Crippen LogP) is 3.67. The molecule has 0 aliphatic carbocycles. The molecule has 0 saturated heterocycles. The standard InChI is InChI=1S/C20H28N4O3/c1-12(2)10-20(4,24-19(25)26)11-27-16-6-5-14(9-13(16)3)15-7-8-23-18(22)17(15)21/h5-9,12,24H,10-11,21H2,1-4H3,(H2,22,23)(H,25,26). The highest BCUT2D eigenvalue weighted by atomic mass is 16.5. The molecule has 7 heteroatoms. The zero-order valence-corrected chi connectivity index (χ0v) is 16.2. The van der Waals surface area contributed by atoms with E-state index in [9.17, 15) is 4.79 Å². The van der Waals surface area contributed by atoms with Gasteiger partial charge in [0.25, 0.3) is 0 Å². The van der Waals surface area contributed by atoms with E-state index in [1.807, 2.05) is 52.0 Å². The van der Waals surface area contributed by atoms with Gasteiger partial charge in [0, 0.05) is 11.8 Å². The average Bonchev–Trinajstić information content (AvgIpc) is 2.54. The maximum Gasteiger partial charge on any atom is 0.405 e. The van der Waals surface area contributed by atoms with Crippen LogP contribution in [-0.2, 0) is 0 Å². The summed E-state index contributed by atoms with van der Waals surface area (Å²) in [6, 6.07) is 7.54. The van der Waals surface area contributed by atoms with Gasteiger partial charge in [-0.25, -0.2) is 9.78 Å². The number of nitrogens with two attached hydrogens (primary N) is 2. The number of carboxylic acid groups (broad SMARTS) is 1. The van der Waals surface area contributed by atoms with Gasteiger partial charge < -0.3 is 26.6 Å². The third-order valence-corrected chi connectivity index (χ3v) is 4.32. The van der Waals surface area contributed by atoms with Crippen LogP contribution in [0.5, 0.6) is 5.75 Å². The van der Waals surface area contributed by atoms with Gasteiger partial charge in [-0.3, -0.25) is 0 Å². The Balaban J connectivity index is 2.20. The normalized spacial score (nSPS) is 13.2. The van der Waals surface area contributed by atoms with E-state index < -0.39 is 11.6 Å². The van der Waals surface area contributed by atoms with Crippen molar-refractivity contribution >= 4 is 17.6 Å². The monoisotopic (exact) mass is 372 g/mol. The van der Waals surface area contributed by atoms with Gasteiger partial charge in [0.15, 0.2) is 0 Å². The van der Waals surface area contributed by atoms with E-state index in [0.717, 1.165) is 16.7 Å². The molecule has 0 aliphatic rings. The molecule has 1 aromatic carbocycles. The molecule has 7 nitrogen and oxygen atoms in total. The number of benzene rings is 1. The third-order valence-electron chi connectivity index (χ3n) is 4.32. The van der Waals surface area contributed by atoms with E-state index in [-0.39, 0.29) is 6.61 Å². The minimum Gasteiger partial charge on any atom is -0.491 e. The number of hydrogen-bond donors (Lipinski definition) is 4.